The van der Waals surface area contributed by atoms with E-state index in [1.165, 1.54) is 0 Å². The van der Waals surface area contributed by atoms with Crippen LogP contribution in [-0.2, 0) is 4.74 Å². The van der Waals surface area contributed by atoms with E-state index in [1.807, 2.05) is 54.5 Å². The highest BCUT2D eigenvalue weighted by Gasteiger charge is 2.11. The Morgan fingerprint density at radius 3 is 2.76 bits per heavy atom. The van der Waals surface area contributed by atoms with Gasteiger partial charge in [0.1, 0.15) is 0 Å². The molecule has 0 fully saturated rings. The number of hydrogen-bond donors (Lipinski definition) is 1. The molecule has 4 nitrogen and oxygen atoms in total. The average Bonchev–Trinajstić information content (AvgIpc) is 2.86. The maximum atomic E-state index is 5.16. The SMILES string of the molecule is CNC(COC)c1cnn(-c2ccccc2)c1. The van der Waals surface area contributed by atoms with E-state index in [2.05, 4.69) is 10.4 Å². The number of para-hydroxylation sites is 1. The molecule has 0 aliphatic carbocycles. The van der Waals surface area contributed by atoms with Gasteiger partial charge >= 0.3 is 0 Å². The Kier molecular flexibility index (Phi) is 3.90. The largest absolute Gasteiger partial charge is 0.383 e. The zero-order valence-electron chi connectivity index (χ0n) is 10.1. The Balaban J connectivity index is 2.21. The summed E-state index contributed by atoms with van der Waals surface area (Å²) in [6, 6.07) is 10.2. The van der Waals surface area contributed by atoms with Gasteiger partial charge < -0.3 is 10.1 Å². The van der Waals surface area contributed by atoms with Crippen molar-refractivity contribution in [2.24, 2.45) is 0 Å². The summed E-state index contributed by atoms with van der Waals surface area (Å²) in [4.78, 5) is 0. The maximum Gasteiger partial charge on any atom is 0.0658 e. The van der Waals surface area contributed by atoms with Gasteiger partial charge in [0.2, 0.25) is 0 Å². The molecule has 1 heterocycles. The van der Waals surface area contributed by atoms with Crippen LogP contribution in [0.2, 0.25) is 0 Å². The molecule has 0 radical (unpaired) electrons. The van der Waals surface area contributed by atoms with E-state index in [9.17, 15) is 0 Å². The van der Waals surface area contributed by atoms with Crippen molar-refractivity contribution >= 4 is 0 Å². The van der Waals surface area contributed by atoms with E-state index in [0.29, 0.717) is 6.61 Å². The Morgan fingerprint density at radius 1 is 1.35 bits per heavy atom. The van der Waals surface area contributed by atoms with Crippen molar-refractivity contribution in [1.29, 1.82) is 0 Å². The van der Waals surface area contributed by atoms with Gasteiger partial charge in [-0.3, -0.25) is 0 Å². The molecule has 2 rings (SSSR count). The van der Waals surface area contributed by atoms with Gasteiger partial charge in [-0.15, -0.1) is 0 Å². The topological polar surface area (TPSA) is 39.1 Å². The van der Waals surface area contributed by atoms with E-state index < -0.39 is 0 Å². The molecule has 0 spiro atoms. The van der Waals surface area contributed by atoms with Crippen LogP contribution in [0.25, 0.3) is 5.69 Å². The third-order valence-electron chi connectivity index (χ3n) is 2.71. The minimum atomic E-state index is 0.178. The molecule has 0 saturated carbocycles. The molecule has 4 heteroatoms. The van der Waals surface area contributed by atoms with Crippen LogP contribution in [0.4, 0.5) is 0 Å². The maximum absolute atomic E-state index is 5.16. The number of nitrogens with one attached hydrogen (secondary N) is 1. The number of rotatable bonds is 5. The molecule has 0 bridgehead atoms. The lowest BCUT2D eigenvalue weighted by molar-refractivity contribution is 0.170. The summed E-state index contributed by atoms with van der Waals surface area (Å²) in [6.07, 6.45) is 3.89. The van der Waals surface area contributed by atoms with Crippen molar-refractivity contribution < 1.29 is 4.74 Å². The van der Waals surface area contributed by atoms with Crippen molar-refractivity contribution in [3.63, 3.8) is 0 Å². The molecule has 0 aliphatic heterocycles. The zero-order valence-corrected chi connectivity index (χ0v) is 10.1. The second kappa shape index (κ2) is 5.61. The van der Waals surface area contributed by atoms with E-state index in [-0.39, 0.29) is 6.04 Å². The molecule has 1 aromatic heterocycles. The highest BCUT2D eigenvalue weighted by molar-refractivity contribution is 5.31. The third kappa shape index (κ3) is 2.72. The molecule has 0 aliphatic rings. The fourth-order valence-electron chi connectivity index (χ4n) is 1.75. The summed E-state index contributed by atoms with van der Waals surface area (Å²) >= 11 is 0. The Hall–Kier alpha value is -1.65. The lowest BCUT2D eigenvalue weighted by Gasteiger charge is -2.12. The highest BCUT2D eigenvalue weighted by atomic mass is 16.5. The van der Waals surface area contributed by atoms with Gasteiger partial charge in [-0.1, -0.05) is 18.2 Å². The second-order valence-corrected chi connectivity index (χ2v) is 3.85. The fraction of sp³-hybridized carbons (Fsp3) is 0.308. The van der Waals surface area contributed by atoms with Gasteiger partial charge in [0.25, 0.3) is 0 Å². The predicted molar refractivity (Wildman–Crippen MR) is 67.2 cm³/mol. The number of ether oxygens (including phenoxy) is 1. The molecule has 1 atom stereocenters. The first-order valence-electron chi connectivity index (χ1n) is 5.61. The monoisotopic (exact) mass is 231 g/mol. The lowest BCUT2D eigenvalue weighted by Crippen LogP contribution is -2.20. The van der Waals surface area contributed by atoms with Gasteiger partial charge in [-0.25, -0.2) is 4.68 Å². The van der Waals surface area contributed by atoms with Crippen molar-refractivity contribution in [3.05, 3.63) is 48.3 Å². The summed E-state index contributed by atoms with van der Waals surface area (Å²) in [5, 5.41) is 7.56. The number of likely N-dealkylation sites (N-methyl/N-ethyl adjacent to an activating group) is 1. The first-order chi connectivity index (χ1) is 8.35. The van der Waals surface area contributed by atoms with E-state index in [4.69, 9.17) is 4.74 Å². The van der Waals surface area contributed by atoms with Crippen molar-refractivity contribution in [2.45, 2.75) is 6.04 Å². The molecular weight excluding hydrogens is 214 g/mol. The summed E-state index contributed by atoms with van der Waals surface area (Å²) in [7, 11) is 3.62. The molecule has 2 aromatic rings. The van der Waals surface area contributed by atoms with Crippen molar-refractivity contribution in [1.82, 2.24) is 15.1 Å². The van der Waals surface area contributed by atoms with Crippen LogP contribution in [0.5, 0.6) is 0 Å². The third-order valence-corrected chi connectivity index (χ3v) is 2.71. The van der Waals surface area contributed by atoms with Crippen LogP contribution in [0, 0.1) is 0 Å². The van der Waals surface area contributed by atoms with Crippen LogP contribution in [0.3, 0.4) is 0 Å². The van der Waals surface area contributed by atoms with Gasteiger partial charge in [0.05, 0.1) is 24.5 Å². The summed E-state index contributed by atoms with van der Waals surface area (Å²) in [5.74, 6) is 0. The van der Waals surface area contributed by atoms with Gasteiger partial charge in [-0.2, -0.15) is 5.10 Å². The number of methoxy groups -OCH3 is 1. The normalized spacial score (nSPS) is 12.6. The molecule has 90 valence electrons. The smallest absolute Gasteiger partial charge is 0.0658 e. The van der Waals surface area contributed by atoms with Crippen LogP contribution in [-0.4, -0.2) is 30.5 Å². The number of nitrogens with zero attached hydrogens (tertiary/aromatic N) is 2. The molecule has 1 N–H and O–H groups in total. The lowest BCUT2D eigenvalue weighted by atomic mass is 10.2. The minimum absolute atomic E-state index is 0.178. The predicted octanol–water partition coefficient (Wildman–Crippen LogP) is 1.78. The molecule has 17 heavy (non-hydrogen) atoms. The van der Waals surface area contributed by atoms with E-state index in [0.717, 1.165) is 11.3 Å². The molecule has 1 unspecified atom stereocenters. The van der Waals surface area contributed by atoms with Gasteiger partial charge in [0.15, 0.2) is 0 Å². The zero-order chi connectivity index (χ0) is 12.1. The standard InChI is InChI=1S/C13H17N3O/c1-14-13(10-17-2)11-8-15-16(9-11)12-6-4-3-5-7-12/h3-9,13-14H,10H2,1-2H3. The molecule has 0 amide bonds. The van der Waals surface area contributed by atoms with Gasteiger partial charge in [0, 0.05) is 18.9 Å². The summed E-state index contributed by atoms with van der Waals surface area (Å²) < 4.78 is 7.04. The number of benzene rings is 1. The number of hydrogen-bond acceptors (Lipinski definition) is 3. The summed E-state index contributed by atoms with van der Waals surface area (Å²) in [6.45, 7) is 0.636. The second-order valence-electron chi connectivity index (χ2n) is 3.85. The van der Waals surface area contributed by atoms with Crippen LogP contribution < -0.4 is 5.32 Å². The van der Waals surface area contributed by atoms with Crippen molar-refractivity contribution in [3.8, 4) is 5.69 Å². The molecule has 0 saturated heterocycles. The van der Waals surface area contributed by atoms with E-state index >= 15 is 0 Å². The first kappa shape index (κ1) is 11.8. The Morgan fingerprint density at radius 2 is 2.12 bits per heavy atom. The molecule has 1 aromatic carbocycles. The Labute approximate surface area is 101 Å². The van der Waals surface area contributed by atoms with E-state index in [1.54, 1.807) is 7.11 Å². The van der Waals surface area contributed by atoms with Gasteiger partial charge in [-0.05, 0) is 19.2 Å². The Bertz CT molecular complexity index is 453. The fourth-order valence-corrected chi connectivity index (χ4v) is 1.75. The van der Waals surface area contributed by atoms with Crippen molar-refractivity contribution in [2.75, 3.05) is 20.8 Å². The molecular formula is C13H17N3O. The first-order valence-corrected chi connectivity index (χ1v) is 5.61. The summed E-state index contributed by atoms with van der Waals surface area (Å²) in [5.41, 5.74) is 2.18. The average molecular weight is 231 g/mol. The quantitative estimate of drug-likeness (QED) is 0.852. The highest BCUT2D eigenvalue weighted by Crippen LogP contribution is 2.14. The number of aromatic nitrogens is 2. The minimum Gasteiger partial charge on any atom is -0.383 e. The van der Waals surface area contributed by atoms with Crippen LogP contribution in [0.1, 0.15) is 11.6 Å². The van der Waals surface area contributed by atoms with Crippen LogP contribution >= 0.6 is 0 Å². The van der Waals surface area contributed by atoms with Crippen LogP contribution in [0.15, 0.2) is 42.7 Å².